The molecule has 0 radical (unpaired) electrons. The van der Waals surface area contributed by atoms with Gasteiger partial charge in [0, 0.05) is 19.3 Å². The summed E-state index contributed by atoms with van der Waals surface area (Å²) in [7, 11) is 1.83. The lowest BCUT2D eigenvalue weighted by atomic mass is 10.2. The number of carboxylic acid groups (broad SMARTS) is 1. The van der Waals surface area contributed by atoms with E-state index in [1.807, 2.05) is 13.1 Å². The topological polar surface area (TPSA) is 45.5 Å². The summed E-state index contributed by atoms with van der Waals surface area (Å²) in [5, 5.41) is 9.00. The summed E-state index contributed by atoms with van der Waals surface area (Å²) in [4.78, 5) is 13.4. The Balaban J connectivity index is 2.05. The minimum Gasteiger partial charge on any atom is -0.477 e. The van der Waals surface area contributed by atoms with Crippen LogP contribution in [0.1, 0.15) is 41.9 Å². The first-order valence-corrected chi connectivity index (χ1v) is 6.29. The minimum absolute atomic E-state index is 0.370. The van der Waals surface area contributed by atoms with Crippen molar-refractivity contribution in [3.63, 3.8) is 0 Å². The van der Waals surface area contributed by atoms with Crippen molar-refractivity contribution in [1.82, 2.24) is 9.47 Å². The summed E-state index contributed by atoms with van der Waals surface area (Å²) >= 11 is 0. The van der Waals surface area contributed by atoms with E-state index >= 15 is 0 Å². The lowest BCUT2D eigenvalue weighted by molar-refractivity contribution is 0.0686. The smallest absolute Gasteiger partial charge is 0.352 e. The molecule has 1 N–H and O–H groups in total. The van der Waals surface area contributed by atoms with Gasteiger partial charge in [0.25, 0.3) is 0 Å². The summed E-state index contributed by atoms with van der Waals surface area (Å²) in [6.45, 7) is 3.13. The van der Waals surface area contributed by atoms with Crippen LogP contribution in [-0.4, -0.2) is 33.6 Å². The number of rotatable bonds is 3. The monoisotopic (exact) mass is 236 g/mol. The van der Waals surface area contributed by atoms with Crippen molar-refractivity contribution in [1.29, 1.82) is 0 Å². The van der Waals surface area contributed by atoms with Crippen LogP contribution in [0.4, 0.5) is 0 Å². The Hall–Kier alpha value is -1.29. The number of hydrogen-bond donors (Lipinski definition) is 1. The molecule has 4 nitrogen and oxygen atoms in total. The van der Waals surface area contributed by atoms with Gasteiger partial charge in [0.15, 0.2) is 0 Å². The zero-order valence-corrected chi connectivity index (χ0v) is 10.4. The normalized spacial score (nSPS) is 17.9. The Morgan fingerprint density at radius 2 is 1.88 bits per heavy atom. The van der Waals surface area contributed by atoms with E-state index < -0.39 is 5.97 Å². The molecule has 1 aromatic rings. The van der Waals surface area contributed by atoms with Crippen molar-refractivity contribution >= 4 is 5.97 Å². The van der Waals surface area contributed by atoms with Crippen LogP contribution >= 0.6 is 0 Å². The average molecular weight is 236 g/mol. The van der Waals surface area contributed by atoms with E-state index in [0.29, 0.717) is 5.69 Å². The third-order valence-electron chi connectivity index (χ3n) is 3.53. The van der Waals surface area contributed by atoms with E-state index in [1.54, 1.807) is 10.6 Å². The van der Waals surface area contributed by atoms with Gasteiger partial charge in [-0.1, -0.05) is 12.8 Å². The number of nitrogens with zero attached hydrogens (tertiary/aromatic N) is 2. The third-order valence-corrected chi connectivity index (χ3v) is 3.53. The maximum atomic E-state index is 10.9. The van der Waals surface area contributed by atoms with Gasteiger partial charge < -0.3 is 9.67 Å². The summed E-state index contributed by atoms with van der Waals surface area (Å²) < 4.78 is 1.78. The summed E-state index contributed by atoms with van der Waals surface area (Å²) in [6, 6.07) is 3.61. The van der Waals surface area contributed by atoms with Gasteiger partial charge >= 0.3 is 5.97 Å². The molecule has 0 unspecified atom stereocenters. The van der Waals surface area contributed by atoms with Gasteiger partial charge in [0.05, 0.1) is 0 Å². The predicted octanol–water partition coefficient (Wildman–Crippen LogP) is 2.10. The molecule has 0 atom stereocenters. The first kappa shape index (κ1) is 12.2. The molecule has 0 saturated carbocycles. The quantitative estimate of drug-likeness (QED) is 0.874. The molecule has 1 aliphatic rings. The molecule has 0 amide bonds. The van der Waals surface area contributed by atoms with Crippen LogP contribution in [0, 0.1) is 0 Å². The number of carboxylic acids is 1. The summed E-state index contributed by atoms with van der Waals surface area (Å²) in [6.07, 6.45) is 5.17. The molecule has 0 spiro atoms. The maximum absolute atomic E-state index is 10.9. The fourth-order valence-electron chi connectivity index (χ4n) is 2.45. The second kappa shape index (κ2) is 5.36. The highest BCUT2D eigenvalue weighted by molar-refractivity contribution is 5.86. The number of aromatic carboxylic acids is 1. The Labute approximate surface area is 102 Å². The van der Waals surface area contributed by atoms with Gasteiger partial charge in [0.2, 0.25) is 0 Å². The number of likely N-dealkylation sites (tertiary alicyclic amines) is 1. The zero-order valence-electron chi connectivity index (χ0n) is 10.4. The lowest BCUT2D eigenvalue weighted by Gasteiger charge is -2.20. The fraction of sp³-hybridized carbons (Fsp3) is 0.615. The first-order chi connectivity index (χ1) is 8.18. The van der Waals surface area contributed by atoms with Crippen molar-refractivity contribution in [3.05, 3.63) is 23.5 Å². The second-order valence-corrected chi connectivity index (χ2v) is 4.76. The number of carbonyl (C=O) groups is 1. The van der Waals surface area contributed by atoms with Crippen LogP contribution in [0.25, 0.3) is 0 Å². The molecule has 0 aliphatic carbocycles. The van der Waals surface area contributed by atoms with Crippen molar-refractivity contribution in [3.8, 4) is 0 Å². The van der Waals surface area contributed by atoms with E-state index in [4.69, 9.17) is 5.11 Å². The van der Waals surface area contributed by atoms with Crippen LogP contribution in [0.3, 0.4) is 0 Å². The minimum atomic E-state index is -0.852. The molecule has 1 fully saturated rings. The van der Waals surface area contributed by atoms with Crippen molar-refractivity contribution in [2.24, 2.45) is 7.05 Å². The standard InChI is InChI=1S/C13H20N2O2/c1-14-11(6-7-12(14)13(16)17)10-15-8-4-2-3-5-9-15/h6-7H,2-5,8-10H2,1H3,(H,16,17). The molecular weight excluding hydrogens is 216 g/mol. The summed E-state index contributed by atoms with van der Waals surface area (Å²) in [5.41, 5.74) is 1.46. The summed E-state index contributed by atoms with van der Waals surface area (Å²) in [5.74, 6) is -0.852. The zero-order chi connectivity index (χ0) is 12.3. The molecule has 17 heavy (non-hydrogen) atoms. The van der Waals surface area contributed by atoms with Gasteiger partial charge in [-0.2, -0.15) is 0 Å². The molecule has 0 aromatic carbocycles. The Morgan fingerprint density at radius 1 is 1.24 bits per heavy atom. The van der Waals surface area contributed by atoms with Crippen molar-refractivity contribution in [2.75, 3.05) is 13.1 Å². The van der Waals surface area contributed by atoms with Crippen molar-refractivity contribution in [2.45, 2.75) is 32.2 Å². The van der Waals surface area contributed by atoms with Crippen LogP contribution < -0.4 is 0 Å². The highest BCUT2D eigenvalue weighted by Gasteiger charge is 2.14. The molecule has 1 aliphatic heterocycles. The highest BCUT2D eigenvalue weighted by atomic mass is 16.4. The molecule has 0 bridgehead atoms. The molecule has 4 heteroatoms. The van der Waals surface area contributed by atoms with Crippen molar-refractivity contribution < 1.29 is 9.90 Å². The number of hydrogen-bond acceptors (Lipinski definition) is 2. The van der Waals surface area contributed by atoms with E-state index in [0.717, 1.165) is 25.3 Å². The predicted molar refractivity (Wildman–Crippen MR) is 66.1 cm³/mol. The maximum Gasteiger partial charge on any atom is 0.352 e. The van der Waals surface area contributed by atoms with E-state index in [2.05, 4.69) is 4.90 Å². The van der Waals surface area contributed by atoms with Crippen LogP contribution in [0.15, 0.2) is 12.1 Å². The van der Waals surface area contributed by atoms with Gasteiger partial charge in [-0.25, -0.2) is 4.79 Å². The molecular formula is C13H20N2O2. The SMILES string of the molecule is Cn1c(CN2CCCCCC2)ccc1C(=O)O. The Kier molecular flexibility index (Phi) is 3.84. The van der Waals surface area contributed by atoms with E-state index in [9.17, 15) is 4.79 Å². The van der Waals surface area contributed by atoms with Crippen LogP contribution in [0.5, 0.6) is 0 Å². The fourth-order valence-corrected chi connectivity index (χ4v) is 2.45. The lowest BCUT2D eigenvalue weighted by Crippen LogP contribution is -2.25. The highest BCUT2D eigenvalue weighted by Crippen LogP contribution is 2.15. The first-order valence-electron chi connectivity index (χ1n) is 6.29. The number of aromatic nitrogens is 1. The largest absolute Gasteiger partial charge is 0.477 e. The van der Waals surface area contributed by atoms with E-state index in [1.165, 1.54) is 25.7 Å². The molecule has 1 aromatic heterocycles. The van der Waals surface area contributed by atoms with Gasteiger partial charge in [-0.05, 0) is 38.1 Å². The average Bonchev–Trinajstić information content (AvgIpc) is 2.52. The van der Waals surface area contributed by atoms with Gasteiger partial charge in [-0.3, -0.25) is 4.90 Å². The van der Waals surface area contributed by atoms with Crippen LogP contribution in [0.2, 0.25) is 0 Å². The van der Waals surface area contributed by atoms with Gasteiger partial charge in [0.1, 0.15) is 5.69 Å². The second-order valence-electron chi connectivity index (χ2n) is 4.76. The Morgan fingerprint density at radius 3 is 2.41 bits per heavy atom. The van der Waals surface area contributed by atoms with Gasteiger partial charge in [-0.15, -0.1) is 0 Å². The molecule has 94 valence electrons. The molecule has 2 rings (SSSR count). The van der Waals surface area contributed by atoms with E-state index in [-0.39, 0.29) is 0 Å². The van der Waals surface area contributed by atoms with Crippen LogP contribution in [-0.2, 0) is 13.6 Å². The molecule has 2 heterocycles. The Bertz CT molecular complexity index is 390. The molecule has 1 saturated heterocycles. The third kappa shape index (κ3) is 2.88.